The molecule has 0 aliphatic carbocycles. The quantitative estimate of drug-likeness (QED) is 0.912. The summed E-state index contributed by atoms with van der Waals surface area (Å²) >= 11 is 8.14. The lowest BCUT2D eigenvalue weighted by molar-refractivity contribution is 0.100. The van der Waals surface area contributed by atoms with E-state index in [2.05, 4.69) is 12.1 Å². The molecule has 1 fully saturated rings. The Balaban J connectivity index is 2.05. The van der Waals surface area contributed by atoms with Crippen molar-refractivity contribution in [3.05, 3.63) is 28.8 Å². The molecular formula is C13H18ClNOS. The summed E-state index contributed by atoms with van der Waals surface area (Å²) in [6.07, 6.45) is 2.21. The Bertz CT molecular complexity index is 378. The number of halogens is 1. The van der Waals surface area contributed by atoms with Crippen LogP contribution in [0.25, 0.3) is 0 Å². The molecule has 4 heteroatoms. The average molecular weight is 272 g/mol. The van der Waals surface area contributed by atoms with Gasteiger partial charge in [0.1, 0.15) is 0 Å². The number of thioether (sulfide) groups is 1. The van der Waals surface area contributed by atoms with Crippen LogP contribution >= 0.6 is 23.4 Å². The number of ether oxygens (including phenoxy) is 1. The highest BCUT2D eigenvalue weighted by Crippen LogP contribution is 2.35. The van der Waals surface area contributed by atoms with Gasteiger partial charge in [0.05, 0.1) is 5.02 Å². The predicted octanol–water partition coefficient (Wildman–Crippen LogP) is 3.63. The molecule has 0 radical (unpaired) electrons. The minimum absolute atomic E-state index is 0.0367. The Morgan fingerprint density at radius 2 is 2.12 bits per heavy atom. The van der Waals surface area contributed by atoms with Gasteiger partial charge in [-0.2, -0.15) is 0 Å². The van der Waals surface area contributed by atoms with Crippen molar-refractivity contribution in [2.24, 2.45) is 5.73 Å². The second-order valence-electron chi connectivity index (χ2n) is 4.41. The Hall–Kier alpha value is -0.220. The number of nitrogens with two attached hydrogens (primary N) is 1. The third-order valence-corrected chi connectivity index (χ3v) is 4.78. The third kappa shape index (κ3) is 3.62. The largest absolute Gasteiger partial charge is 0.381 e. The molecule has 0 unspecified atom stereocenters. The molecule has 2 rings (SSSR count). The number of benzene rings is 1. The summed E-state index contributed by atoms with van der Waals surface area (Å²) in [5.41, 5.74) is 6.92. The fourth-order valence-corrected chi connectivity index (χ4v) is 3.30. The van der Waals surface area contributed by atoms with E-state index < -0.39 is 0 Å². The molecular weight excluding hydrogens is 254 g/mol. The zero-order valence-electron chi connectivity index (χ0n) is 9.99. The predicted molar refractivity (Wildman–Crippen MR) is 73.8 cm³/mol. The van der Waals surface area contributed by atoms with Gasteiger partial charge in [-0.3, -0.25) is 0 Å². The highest BCUT2D eigenvalue weighted by atomic mass is 35.5. The van der Waals surface area contributed by atoms with Gasteiger partial charge in [0.2, 0.25) is 0 Å². The summed E-state index contributed by atoms with van der Waals surface area (Å²) < 4.78 is 5.36. The lowest BCUT2D eigenvalue weighted by Crippen LogP contribution is -2.17. The van der Waals surface area contributed by atoms with E-state index in [1.807, 2.05) is 24.8 Å². The summed E-state index contributed by atoms with van der Waals surface area (Å²) in [6.45, 7) is 3.71. The molecule has 2 nitrogen and oxygen atoms in total. The van der Waals surface area contributed by atoms with Crippen LogP contribution < -0.4 is 5.73 Å². The Labute approximate surface area is 112 Å². The highest BCUT2D eigenvalue weighted by Gasteiger charge is 2.16. The van der Waals surface area contributed by atoms with Crippen molar-refractivity contribution in [2.75, 3.05) is 13.2 Å². The molecule has 94 valence electrons. The van der Waals surface area contributed by atoms with Gasteiger partial charge in [-0.05, 0) is 37.5 Å². The van der Waals surface area contributed by atoms with Crippen molar-refractivity contribution in [2.45, 2.75) is 36.0 Å². The monoisotopic (exact) mass is 271 g/mol. The van der Waals surface area contributed by atoms with Crippen LogP contribution in [-0.2, 0) is 4.74 Å². The topological polar surface area (TPSA) is 35.2 Å². The number of hydrogen-bond acceptors (Lipinski definition) is 3. The maximum Gasteiger partial charge on any atom is 0.0545 e. The first kappa shape index (κ1) is 13.2. The van der Waals surface area contributed by atoms with Crippen molar-refractivity contribution in [1.82, 2.24) is 0 Å². The van der Waals surface area contributed by atoms with Crippen LogP contribution in [-0.4, -0.2) is 18.5 Å². The molecule has 1 atom stereocenters. The smallest absolute Gasteiger partial charge is 0.0545 e. The molecule has 0 bridgehead atoms. The van der Waals surface area contributed by atoms with Crippen LogP contribution in [0.5, 0.6) is 0 Å². The van der Waals surface area contributed by atoms with E-state index in [9.17, 15) is 0 Å². The molecule has 1 aromatic carbocycles. The van der Waals surface area contributed by atoms with Crippen molar-refractivity contribution in [3.63, 3.8) is 0 Å². The minimum Gasteiger partial charge on any atom is -0.381 e. The van der Waals surface area contributed by atoms with E-state index in [4.69, 9.17) is 22.1 Å². The first-order valence-electron chi connectivity index (χ1n) is 5.96. The van der Waals surface area contributed by atoms with E-state index in [1.165, 1.54) is 0 Å². The Kier molecular flexibility index (Phi) is 4.74. The lowest BCUT2D eigenvalue weighted by atomic mass is 10.1. The molecule has 1 aliphatic heterocycles. The fraction of sp³-hybridized carbons (Fsp3) is 0.538. The van der Waals surface area contributed by atoms with Crippen molar-refractivity contribution in [3.8, 4) is 0 Å². The van der Waals surface area contributed by atoms with Crippen LogP contribution in [0.4, 0.5) is 0 Å². The molecule has 1 heterocycles. The van der Waals surface area contributed by atoms with Gasteiger partial charge < -0.3 is 10.5 Å². The van der Waals surface area contributed by atoms with E-state index in [0.29, 0.717) is 5.25 Å². The zero-order chi connectivity index (χ0) is 12.3. The second-order valence-corrected chi connectivity index (χ2v) is 6.16. The summed E-state index contributed by atoms with van der Waals surface area (Å²) in [4.78, 5) is 1.16. The number of rotatable bonds is 3. The van der Waals surface area contributed by atoms with Crippen LogP contribution in [0.2, 0.25) is 5.02 Å². The fourth-order valence-electron chi connectivity index (χ4n) is 1.87. The van der Waals surface area contributed by atoms with Gasteiger partial charge in [-0.25, -0.2) is 0 Å². The number of hydrogen-bond donors (Lipinski definition) is 1. The van der Waals surface area contributed by atoms with E-state index >= 15 is 0 Å². The van der Waals surface area contributed by atoms with Gasteiger partial charge >= 0.3 is 0 Å². The van der Waals surface area contributed by atoms with Crippen LogP contribution in [0.3, 0.4) is 0 Å². The molecule has 0 spiro atoms. The maximum atomic E-state index is 6.29. The zero-order valence-corrected chi connectivity index (χ0v) is 11.6. The van der Waals surface area contributed by atoms with Crippen LogP contribution in [0.15, 0.2) is 23.1 Å². The standard InChI is InChI=1S/C13H18ClNOS/c1-9(15)10-2-3-13(12(14)8-10)17-11-4-6-16-7-5-11/h2-3,8-9,11H,4-7,15H2,1H3/t9-/m1/s1. The Morgan fingerprint density at radius 3 is 2.71 bits per heavy atom. The highest BCUT2D eigenvalue weighted by molar-refractivity contribution is 8.00. The van der Waals surface area contributed by atoms with Gasteiger partial charge in [0.15, 0.2) is 0 Å². The molecule has 0 saturated carbocycles. The molecule has 0 amide bonds. The SMILES string of the molecule is C[C@@H](N)c1ccc(SC2CCOCC2)c(Cl)c1. The summed E-state index contributed by atoms with van der Waals surface area (Å²) in [7, 11) is 0. The van der Waals surface area contributed by atoms with Crippen molar-refractivity contribution in [1.29, 1.82) is 0 Å². The first-order chi connectivity index (χ1) is 8.16. The van der Waals surface area contributed by atoms with Crippen LogP contribution in [0.1, 0.15) is 31.4 Å². The van der Waals surface area contributed by atoms with E-state index in [-0.39, 0.29) is 6.04 Å². The van der Waals surface area contributed by atoms with Crippen LogP contribution in [0, 0.1) is 0 Å². The van der Waals surface area contributed by atoms with Gasteiger partial charge in [0, 0.05) is 29.4 Å². The second kappa shape index (κ2) is 6.10. The maximum absolute atomic E-state index is 6.29. The Morgan fingerprint density at radius 1 is 1.41 bits per heavy atom. The van der Waals surface area contributed by atoms with Gasteiger partial charge in [-0.1, -0.05) is 17.7 Å². The molecule has 0 aromatic heterocycles. The van der Waals surface area contributed by atoms with Crippen molar-refractivity contribution >= 4 is 23.4 Å². The molecule has 1 saturated heterocycles. The molecule has 1 aromatic rings. The average Bonchev–Trinajstić information content (AvgIpc) is 2.33. The normalized spacial score (nSPS) is 19.2. The molecule has 1 aliphatic rings. The molecule has 2 N–H and O–H groups in total. The van der Waals surface area contributed by atoms with E-state index in [0.717, 1.165) is 41.5 Å². The first-order valence-corrected chi connectivity index (χ1v) is 7.22. The minimum atomic E-state index is 0.0367. The summed E-state index contributed by atoms with van der Waals surface area (Å²) in [5, 5.41) is 1.44. The lowest BCUT2D eigenvalue weighted by Gasteiger charge is -2.22. The molecule has 17 heavy (non-hydrogen) atoms. The summed E-state index contributed by atoms with van der Waals surface area (Å²) in [5.74, 6) is 0. The van der Waals surface area contributed by atoms with Gasteiger partial charge in [-0.15, -0.1) is 11.8 Å². The van der Waals surface area contributed by atoms with E-state index in [1.54, 1.807) is 0 Å². The van der Waals surface area contributed by atoms with Gasteiger partial charge in [0.25, 0.3) is 0 Å². The third-order valence-electron chi connectivity index (χ3n) is 2.94. The van der Waals surface area contributed by atoms with Crippen molar-refractivity contribution < 1.29 is 4.74 Å². The summed E-state index contributed by atoms with van der Waals surface area (Å²) in [6, 6.07) is 6.17.